The van der Waals surface area contributed by atoms with E-state index in [1.807, 2.05) is 31.2 Å². The molecular weight excluding hydrogens is 276 g/mol. The summed E-state index contributed by atoms with van der Waals surface area (Å²) in [6.07, 6.45) is 1.69. The van der Waals surface area contributed by atoms with E-state index in [1.54, 1.807) is 0 Å². The molecule has 1 aromatic carbocycles. The van der Waals surface area contributed by atoms with Crippen LogP contribution >= 0.6 is 11.6 Å². The fourth-order valence-electron chi connectivity index (χ4n) is 1.97. The average Bonchev–Trinajstić information content (AvgIpc) is 2.80. The molecule has 0 saturated heterocycles. The average molecular weight is 295 g/mol. The van der Waals surface area contributed by atoms with Crippen LogP contribution in [-0.2, 0) is 24.4 Å². The number of hydrogen-bond acceptors (Lipinski definition) is 3. The Hall–Kier alpha value is -1.36. The number of benzene rings is 1. The van der Waals surface area contributed by atoms with Crippen LogP contribution < -0.4 is 0 Å². The first-order valence-electron chi connectivity index (χ1n) is 6.67. The first-order chi connectivity index (χ1) is 9.70. The van der Waals surface area contributed by atoms with Crippen LogP contribution in [0.5, 0.6) is 0 Å². The highest BCUT2D eigenvalue weighted by molar-refractivity contribution is 6.31. The third-order valence-corrected chi connectivity index (χ3v) is 3.47. The molecule has 0 amide bonds. The molecule has 2 N–H and O–H groups in total. The van der Waals surface area contributed by atoms with Gasteiger partial charge in [-0.2, -0.15) is 0 Å². The van der Waals surface area contributed by atoms with Crippen molar-refractivity contribution in [3.05, 3.63) is 52.1 Å². The van der Waals surface area contributed by atoms with Gasteiger partial charge in [-0.05, 0) is 25.0 Å². The Morgan fingerprint density at radius 3 is 2.85 bits per heavy atom. The molecule has 1 aromatic heterocycles. The Balaban J connectivity index is 1.70. The number of aliphatic hydroxyl groups excluding tert-OH is 1. The van der Waals surface area contributed by atoms with Crippen molar-refractivity contribution >= 4 is 11.6 Å². The van der Waals surface area contributed by atoms with E-state index >= 15 is 0 Å². The number of ether oxygens (including phenoxy) is 1. The summed E-state index contributed by atoms with van der Waals surface area (Å²) in [6.45, 7) is 3.07. The first kappa shape index (κ1) is 15.0. The number of aromatic amines is 1. The largest absolute Gasteiger partial charge is 0.390 e. The van der Waals surface area contributed by atoms with Crippen molar-refractivity contribution in [1.82, 2.24) is 9.97 Å². The summed E-state index contributed by atoms with van der Waals surface area (Å²) >= 11 is 6.05. The fraction of sp³-hybridized carbons (Fsp3) is 0.400. The van der Waals surface area contributed by atoms with Gasteiger partial charge in [0.1, 0.15) is 5.82 Å². The number of rotatable bonds is 7. The summed E-state index contributed by atoms with van der Waals surface area (Å²) in [5, 5.41) is 9.81. The van der Waals surface area contributed by atoms with Gasteiger partial charge in [-0.25, -0.2) is 4.98 Å². The maximum Gasteiger partial charge on any atom is 0.106 e. The zero-order chi connectivity index (χ0) is 14.4. The molecule has 0 aliphatic rings. The molecule has 0 bridgehead atoms. The first-order valence-corrected chi connectivity index (χ1v) is 7.05. The molecule has 0 saturated carbocycles. The van der Waals surface area contributed by atoms with Crippen molar-refractivity contribution in [2.75, 3.05) is 6.61 Å². The van der Waals surface area contributed by atoms with Gasteiger partial charge in [-0.1, -0.05) is 29.8 Å². The van der Waals surface area contributed by atoms with E-state index in [9.17, 15) is 0 Å². The molecule has 0 spiro atoms. The molecule has 5 heteroatoms. The highest BCUT2D eigenvalue weighted by Gasteiger charge is 2.05. The number of nitrogens with one attached hydrogen (secondary N) is 1. The fourth-order valence-corrected chi connectivity index (χ4v) is 2.17. The number of aliphatic hydroxyl groups is 1. The molecule has 0 fully saturated rings. The SMILES string of the molecule is Cc1[nH]c(CCCOCc2ccccc2Cl)nc1CO. The maximum atomic E-state index is 9.07. The summed E-state index contributed by atoms with van der Waals surface area (Å²) in [5.74, 6) is 0.896. The highest BCUT2D eigenvalue weighted by atomic mass is 35.5. The topological polar surface area (TPSA) is 58.1 Å². The lowest BCUT2D eigenvalue weighted by Crippen LogP contribution is -1.99. The Kier molecular flexibility index (Phi) is 5.59. The van der Waals surface area contributed by atoms with Crippen molar-refractivity contribution < 1.29 is 9.84 Å². The third kappa shape index (κ3) is 4.07. The predicted octanol–water partition coefficient (Wildman–Crippen LogP) is 3.01. The van der Waals surface area contributed by atoms with E-state index in [-0.39, 0.29) is 6.61 Å². The van der Waals surface area contributed by atoms with Gasteiger partial charge in [0.25, 0.3) is 0 Å². The molecule has 108 valence electrons. The van der Waals surface area contributed by atoms with Crippen LogP contribution in [0.1, 0.15) is 29.2 Å². The Labute approximate surface area is 123 Å². The van der Waals surface area contributed by atoms with Gasteiger partial charge in [-0.15, -0.1) is 0 Å². The molecule has 0 aliphatic heterocycles. The molecule has 2 rings (SSSR count). The van der Waals surface area contributed by atoms with E-state index in [1.165, 1.54) is 0 Å². The monoisotopic (exact) mass is 294 g/mol. The van der Waals surface area contributed by atoms with E-state index < -0.39 is 0 Å². The lowest BCUT2D eigenvalue weighted by atomic mass is 10.2. The number of halogens is 1. The van der Waals surface area contributed by atoms with E-state index in [2.05, 4.69) is 9.97 Å². The van der Waals surface area contributed by atoms with Crippen molar-refractivity contribution in [1.29, 1.82) is 0 Å². The number of aryl methyl sites for hydroxylation is 2. The van der Waals surface area contributed by atoms with Gasteiger partial charge in [0, 0.05) is 23.7 Å². The highest BCUT2D eigenvalue weighted by Crippen LogP contribution is 2.15. The zero-order valence-electron chi connectivity index (χ0n) is 11.5. The van der Waals surface area contributed by atoms with Crippen molar-refractivity contribution in [3.8, 4) is 0 Å². The molecule has 1 heterocycles. The van der Waals surface area contributed by atoms with Crippen molar-refractivity contribution in [2.45, 2.75) is 33.0 Å². The van der Waals surface area contributed by atoms with Crippen LogP contribution in [0.3, 0.4) is 0 Å². The Morgan fingerprint density at radius 2 is 2.15 bits per heavy atom. The normalized spacial score (nSPS) is 10.9. The minimum Gasteiger partial charge on any atom is -0.390 e. The number of nitrogens with zero attached hydrogens (tertiary/aromatic N) is 1. The molecule has 0 radical (unpaired) electrons. The van der Waals surface area contributed by atoms with Crippen LogP contribution in [0.2, 0.25) is 5.02 Å². The second-order valence-electron chi connectivity index (χ2n) is 4.66. The van der Waals surface area contributed by atoms with Gasteiger partial charge in [0.05, 0.1) is 18.9 Å². The second-order valence-corrected chi connectivity index (χ2v) is 5.07. The van der Waals surface area contributed by atoms with Crippen LogP contribution in [0.15, 0.2) is 24.3 Å². The van der Waals surface area contributed by atoms with Crippen LogP contribution in [0, 0.1) is 6.92 Å². The number of H-pyrrole nitrogens is 1. The van der Waals surface area contributed by atoms with Gasteiger partial charge in [-0.3, -0.25) is 0 Å². The van der Waals surface area contributed by atoms with Crippen LogP contribution in [0.25, 0.3) is 0 Å². The molecule has 0 unspecified atom stereocenters. The number of hydrogen-bond donors (Lipinski definition) is 2. The molecule has 0 atom stereocenters. The Bertz CT molecular complexity index is 555. The predicted molar refractivity (Wildman–Crippen MR) is 78.7 cm³/mol. The van der Waals surface area contributed by atoms with Gasteiger partial charge in [0.15, 0.2) is 0 Å². The number of aromatic nitrogens is 2. The summed E-state index contributed by atoms with van der Waals surface area (Å²) in [4.78, 5) is 7.48. The Morgan fingerprint density at radius 1 is 1.35 bits per heavy atom. The van der Waals surface area contributed by atoms with Gasteiger partial charge < -0.3 is 14.8 Å². The summed E-state index contributed by atoms with van der Waals surface area (Å²) in [7, 11) is 0. The van der Waals surface area contributed by atoms with E-state index in [4.69, 9.17) is 21.4 Å². The lowest BCUT2D eigenvalue weighted by molar-refractivity contribution is 0.118. The maximum absolute atomic E-state index is 9.07. The van der Waals surface area contributed by atoms with Crippen molar-refractivity contribution in [3.63, 3.8) is 0 Å². The lowest BCUT2D eigenvalue weighted by Gasteiger charge is -2.05. The zero-order valence-corrected chi connectivity index (χ0v) is 12.3. The summed E-state index contributed by atoms with van der Waals surface area (Å²) in [5.41, 5.74) is 2.65. The number of imidazole rings is 1. The van der Waals surface area contributed by atoms with Gasteiger partial charge >= 0.3 is 0 Å². The minimum atomic E-state index is -0.0225. The molecule has 2 aromatic rings. The smallest absolute Gasteiger partial charge is 0.106 e. The third-order valence-electron chi connectivity index (χ3n) is 3.10. The van der Waals surface area contributed by atoms with Gasteiger partial charge in [0.2, 0.25) is 0 Å². The van der Waals surface area contributed by atoms with Crippen LogP contribution in [-0.4, -0.2) is 21.7 Å². The summed E-state index contributed by atoms with van der Waals surface area (Å²) in [6, 6.07) is 7.68. The standard InChI is InChI=1S/C15H19ClN2O2/c1-11-14(9-19)18-15(17-11)7-4-8-20-10-12-5-2-3-6-13(12)16/h2-3,5-6,19H,4,7-10H2,1H3,(H,17,18). The van der Waals surface area contributed by atoms with E-state index in [0.29, 0.717) is 13.2 Å². The van der Waals surface area contributed by atoms with Crippen molar-refractivity contribution in [2.24, 2.45) is 0 Å². The molecule has 4 nitrogen and oxygen atoms in total. The second kappa shape index (κ2) is 7.43. The van der Waals surface area contributed by atoms with Crippen LogP contribution in [0.4, 0.5) is 0 Å². The summed E-state index contributed by atoms with van der Waals surface area (Å²) < 4.78 is 5.61. The minimum absolute atomic E-state index is 0.0225. The quantitative estimate of drug-likeness (QED) is 0.772. The molecule has 20 heavy (non-hydrogen) atoms. The molecule has 0 aliphatic carbocycles. The molecular formula is C15H19ClN2O2. The van der Waals surface area contributed by atoms with E-state index in [0.717, 1.165) is 40.6 Å².